The van der Waals surface area contributed by atoms with Crippen LogP contribution in [0, 0.1) is 0 Å². The fraction of sp³-hybridized carbons (Fsp3) is 0.429. The zero-order chi connectivity index (χ0) is 19.6. The third kappa shape index (κ3) is 3.90. The van der Waals surface area contributed by atoms with Gasteiger partial charge >= 0.3 is 0 Å². The fourth-order valence-electron chi connectivity index (χ4n) is 4.11. The number of halogens is 1. The van der Waals surface area contributed by atoms with Crippen molar-refractivity contribution in [3.8, 4) is 11.3 Å². The third-order valence-electron chi connectivity index (χ3n) is 5.67. The Morgan fingerprint density at radius 3 is 2.97 bits per heavy atom. The van der Waals surface area contributed by atoms with Crippen molar-refractivity contribution < 1.29 is 4.74 Å². The number of aromatic nitrogens is 3. The Morgan fingerprint density at radius 2 is 2.14 bits per heavy atom. The Labute approximate surface area is 174 Å². The SMILES string of the molecule is Clc1cnc(N[C@H]2CCCNC2)nc1-c1c[nH]c2ccc(N3CCOCC3)cc12. The minimum atomic E-state index is 0.341. The molecule has 2 aliphatic heterocycles. The van der Waals surface area contributed by atoms with Crippen molar-refractivity contribution in [3.05, 3.63) is 35.6 Å². The number of ether oxygens (including phenoxy) is 1. The van der Waals surface area contributed by atoms with Gasteiger partial charge in [0.05, 0.1) is 30.1 Å². The molecule has 0 radical (unpaired) electrons. The molecule has 1 aromatic carbocycles. The minimum absolute atomic E-state index is 0.341. The van der Waals surface area contributed by atoms with Crippen molar-refractivity contribution in [1.82, 2.24) is 20.3 Å². The molecule has 8 heteroatoms. The highest BCUT2D eigenvalue weighted by molar-refractivity contribution is 6.33. The van der Waals surface area contributed by atoms with Gasteiger partial charge in [-0.2, -0.15) is 0 Å². The normalized spacial score (nSPS) is 20.2. The van der Waals surface area contributed by atoms with E-state index in [0.717, 1.165) is 74.4 Å². The molecular weight excluding hydrogens is 388 g/mol. The van der Waals surface area contributed by atoms with Gasteiger partial charge in [-0.15, -0.1) is 0 Å². The Hall–Kier alpha value is -2.35. The van der Waals surface area contributed by atoms with Gasteiger partial charge in [-0.3, -0.25) is 0 Å². The van der Waals surface area contributed by atoms with E-state index in [9.17, 15) is 0 Å². The highest BCUT2D eigenvalue weighted by Gasteiger charge is 2.18. The second-order valence-electron chi connectivity index (χ2n) is 7.61. The number of piperidine rings is 1. The van der Waals surface area contributed by atoms with E-state index in [1.54, 1.807) is 6.20 Å². The predicted octanol–water partition coefficient (Wildman–Crippen LogP) is 3.28. The van der Waals surface area contributed by atoms with E-state index >= 15 is 0 Å². The molecule has 0 unspecified atom stereocenters. The van der Waals surface area contributed by atoms with Gasteiger partial charge < -0.3 is 25.3 Å². The second-order valence-corrected chi connectivity index (χ2v) is 8.02. The highest BCUT2D eigenvalue weighted by atomic mass is 35.5. The molecule has 5 rings (SSSR count). The van der Waals surface area contributed by atoms with Crippen LogP contribution in [0.4, 0.5) is 11.6 Å². The largest absolute Gasteiger partial charge is 0.378 e. The number of nitrogens with zero attached hydrogens (tertiary/aromatic N) is 3. The van der Waals surface area contributed by atoms with Gasteiger partial charge in [-0.05, 0) is 37.6 Å². The van der Waals surface area contributed by atoms with Gasteiger partial charge in [0, 0.05) is 54.0 Å². The molecule has 0 saturated carbocycles. The van der Waals surface area contributed by atoms with E-state index < -0.39 is 0 Å². The average Bonchev–Trinajstić information content (AvgIpc) is 3.19. The predicted molar refractivity (Wildman–Crippen MR) is 117 cm³/mol. The van der Waals surface area contributed by atoms with Gasteiger partial charge in [-0.25, -0.2) is 9.97 Å². The van der Waals surface area contributed by atoms with E-state index in [4.69, 9.17) is 21.3 Å². The molecule has 1 atom stereocenters. The molecule has 0 aliphatic carbocycles. The molecule has 0 spiro atoms. The number of anilines is 2. The highest BCUT2D eigenvalue weighted by Crippen LogP contribution is 2.34. The molecular formula is C21H25ClN6O. The maximum absolute atomic E-state index is 6.51. The Morgan fingerprint density at radius 1 is 1.24 bits per heavy atom. The molecule has 2 fully saturated rings. The summed E-state index contributed by atoms with van der Waals surface area (Å²) in [6.07, 6.45) is 5.94. The minimum Gasteiger partial charge on any atom is -0.378 e. The van der Waals surface area contributed by atoms with Crippen LogP contribution in [0.1, 0.15) is 12.8 Å². The van der Waals surface area contributed by atoms with Gasteiger partial charge in [0.15, 0.2) is 0 Å². The van der Waals surface area contributed by atoms with Crippen molar-refractivity contribution >= 4 is 34.1 Å². The summed E-state index contributed by atoms with van der Waals surface area (Å²) in [6.45, 7) is 5.34. The van der Waals surface area contributed by atoms with Crippen LogP contribution in [0.3, 0.4) is 0 Å². The zero-order valence-electron chi connectivity index (χ0n) is 16.2. The van der Waals surface area contributed by atoms with Crippen LogP contribution in [0.15, 0.2) is 30.6 Å². The first-order valence-corrected chi connectivity index (χ1v) is 10.6. The first kappa shape index (κ1) is 18.7. The van der Waals surface area contributed by atoms with Crippen molar-refractivity contribution in [3.63, 3.8) is 0 Å². The average molecular weight is 413 g/mol. The van der Waals surface area contributed by atoms with E-state index in [-0.39, 0.29) is 0 Å². The Kier molecular flexibility index (Phi) is 5.26. The van der Waals surface area contributed by atoms with Gasteiger partial charge in [0.2, 0.25) is 5.95 Å². The number of aromatic amines is 1. The number of fused-ring (bicyclic) bond motifs is 1. The van der Waals surface area contributed by atoms with Crippen molar-refractivity contribution in [2.24, 2.45) is 0 Å². The fourth-order valence-corrected chi connectivity index (χ4v) is 4.30. The molecule has 29 heavy (non-hydrogen) atoms. The third-order valence-corrected chi connectivity index (χ3v) is 5.95. The summed E-state index contributed by atoms with van der Waals surface area (Å²) in [5, 5.41) is 8.52. The molecule has 2 aliphatic rings. The summed E-state index contributed by atoms with van der Waals surface area (Å²) in [4.78, 5) is 14.9. The van der Waals surface area contributed by atoms with E-state index in [0.29, 0.717) is 17.0 Å². The van der Waals surface area contributed by atoms with Crippen molar-refractivity contribution in [2.75, 3.05) is 49.6 Å². The first-order valence-electron chi connectivity index (χ1n) is 10.2. The monoisotopic (exact) mass is 412 g/mol. The molecule has 0 amide bonds. The maximum atomic E-state index is 6.51. The summed E-state index contributed by atoms with van der Waals surface area (Å²) in [7, 11) is 0. The molecule has 152 valence electrons. The number of morpholine rings is 1. The lowest BCUT2D eigenvalue weighted by Gasteiger charge is -2.29. The van der Waals surface area contributed by atoms with E-state index in [2.05, 4.69) is 43.7 Å². The summed E-state index contributed by atoms with van der Waals surface area (Å²) >= 11 is 6.51. The summed E-state index contributed by atoms with van der Waals surface area (Å²) in [6, 6.07) is 6.82. The van der Waals surface area contributed by atoms with Gasteiger partial charge in [0.1, 0.15) is 0 Å². The molecule has 2 aromatic heterocycles. The summed E-state index contributed by atoms with van der Waals surface area (Å²) in [5.41, 5.74) is 4.00. The van der Waals surface area contributed by atoms with Crippen LogP contribution >= 0.6 is 11.6 Å². The molecule has 3 aromatic rings. The lowest BCUT2D eigenvalue weighted by molar-refractivity contribution is 0.122. The number of nitrogens with one attached hydrogen (secondary N) is 3. The lowest BCUT2D eigenvalue weighted by Crippen LogP contribution is -2.38. The number of hydrogen-bond donors (Lipinski definition) is 3. The molecule has 7 nitrogen and oxygen atoms in total. The first-order chi connectivity index (χ1) is 14.3. The Bertz CT molecular complexity index is 994. The second kappa shape index (κ2) is 8.18. The number of H-pyrrole nitrogens is 1. The topological polar surface area (TPSA) is 78.1 Å². The van der Waals surface area contributed by atoms with Crippen molar-refractivity contribution in [1.29, 1.82) is 0 Å². The van der Waals surface area contributed by atoms with Crippen LogP contribution in [0.2, 0.25) is 5.02 Å². The van der Waals surface area contributed by atoms with E-state index in [1.165, 1.54) is 5.69 Å². The smallest absolute Gasteiger partial charge is 0.223 e. The van der Waals surface area contributed by atoms with Crippen LogP contribution in [0.5, 0.6) is 0 Å². The number of rotatable bonds is 4. The zero-order valence-corrected chi connectivity index (χ0v) is 17.0. The molecule has 4 heterocycles. The number of benzene rings is 1. The summed E-state index contributed by atoms with van der Waals surface area (Å²) in [5.74, 6) is 0.622. The van der Waals surface area contributed by atoms with Crippen LogP contribution < -0.4 is 15.5 Å². The van der Waals surface area contributed by atoms with Gasteiger partial charge in [0.25, 0.3) is 0 Å². The summed E-state index contributed by atoms with van der Waals surface area (Å²) < 4.78 is 5.48. The molecule has 3 N–H and O–H groups in total. The van der Waals surface area contributed by atoms with E-state index in [1.807, 2.05) is 6.20 Å². The molecule has 0 bridgehead atoms. The van der Waals surface area contributed by atoms with Crippen LogP contribution in [-0.4, -0.2) is 60.4 Å². The van der Waals surface area contributed by atoms with Crippen LogP contribution in [-0.2, 0) is 4.74 Å². The standard InChI is InChI=1S/C21H25ClN6O/c22-18-13-25-21(26-14-2-1-5-23-11-14)27-20(18)17-12-24-19-4-3-15(10-16(17)19)28-6-8-29-9-7-28/h3-4,10,12-14,23-24H,1-2,5-9,11H2,(H,25,26,27)/t14-/m0/s1. The Balaban J connectivity index is 1.48. The number of hydrogen-bond acceptors (Lipinski definition) is 6. The quantitative estimate of drug-likeness (QED) is 0.610. The lowest BCUT2D eigenvalue weighted by atomic mass is 10.1. The molecule has 2 saturated heterocycles. The maximum Gasteiger partial charge on any atom is 0.223 e. The van der Waals surface area contributed by atoms with Crippen molar-refractivity contribution in [2.45, 2.75) is 18.9 Å². The van der Waals surface area contributed by atoms with Gasteiger partial charge in [-0.1, -0.05) is 11.6 Å². The van der Waals surface area contributed by atoms with Crippen LogP contribution in [0.25, 0.3) is 22.2 Å².